The molecule has 0 spiro atoms. The first-order valence-corrected chi connectivity index (χ1v) is 7.15. The van der Waals surface area contributed by atoms with Gasteiger partial charge in [0.1, 0.15) is 0 Å². The smallest absolute Gasteiger partial charge is 0.275 e. The third kappa shape index (κ3) is 2.08. The molecule has 1 saturated heterocycles. The molecule has 1 aliphatic heterocycles. The lowest BCUT2D eigenvalue weighted by molar-refractivity contribution is 0.0618. The van der Waals surface area contributed by atoms with Crippen molar-refractivity contribution in [3.05, 3.63) is 30.0 Å². The molecule has 2 heterocycles. The maximum atomic E-state index is 12.8. The number of carbonyl (C=O) groups is 1. The van der Waals surface area contributed by atoms with Gasteiger partial charge >= 0.3 is 0 Å². The predicted octanol–water partition coefficient (Wildman–Crippen LogP) is 1.53. The van der Waals surface area contributed by atoms with Crippen LogP contribution in [0.3, 0.4) is 0 Å². The molecule has 2 N–H and O–H groups in total. The van der Waals surface area contributed by atoms with E-state index in [9.17, 15) is 4.79 Å². The second-order valence-electron chi connectivity index (χ2n) is 5.37. The van der Waals surface area contributed by atoms with E-state index in [-0.39, 0.29) is 11.9 Å². The Bertz CT molecular complexity index is 634. The third-order valence-corrected chi connectivity index (χ3v) is 4.12. The van der Waals surface area contributed by atoms with Crippen molar-refractivity contribution >= 4 is 16.8 Å². The molecule has 1 fully saturated rings. The standard InChI is InChI=1S/C15H20N4O/c1-18-13-8-3-2-7-12(13)14(17-18)15(20)19-9-5-4-6-11(19)10-16/h2-3,7-8,11H,4-6,9-10,16H2,1H3. The fourth-order valence-electron chi connectivity index (χ4n) is 3.02. The number of hydrogen-bond acceptors (Lipinski definition) is 3. The lowest BCUT2D eigenvalue weighted by Gasteiger charge is -2.34. The zero-order chi connectivity index (χ0) is 14.1. The maximum absolute atomic E-state index is 12.8. The van der Waals surface area contributed by atoms with Crippen molar-refractivity contribution in [2.45, 2.75) is 25.3 Å². The van der Waals surface area contributed by atoms with Crippen molar-refractivity contribution in [3.8, 4) is 0 Å². The SMILES string of the molecule is Cn1nc(C(=O)N2CCCCC2CN)c2ccccc21. The molecule has 5 nitrogen and oxygen atoms in total. The lowest BCUT2D eigenvalue weighted by Crippen LogP contribution is -2.47. The molecular weight excluding hydrogens is 252 g/mol. The normalized spacial score (nSPS) is 19.5. The van der Waals surface area contributed by atoms with Gasteiger partial charge in [0.2, 0.25) is 0 Å². The zero-order valence-corrected chi connectivity index (χ0v) is 11.7. The zero-order valence-electron chi connectivity index (χ0n) is 11.7. The fraction of sp³-hybridized carbons (Fsp3) is 0.467. The van der Waals surface area contributed by atoms with Crippen LogP contribution in [0.15, 0.2) is 24.3 Å². The first-order chi connectivity index (χ1) is 9.72. The Morgan fingerprint density at radius 2 is 2.20 bits per heavy atom. The summed E-state index contributed by atoms with van der Waals surface area (Å²) >= 11 is 0. The number of aromatic nitrogens is 2. The number of para-hydroxylation sites is 1. The quantitative estimate of drug-likeness (QED) is 0.901. The predicted molar refractivity (Wildman–Crippen MR) is 78.4 cm³/mol. The number of hydrogen-bond donors (Lipinski definition) is 1. The highest BCUT2D eigenvalue weighted by atomic mass is 16.2. The average molecular weight is 272 g/mol. The Hall–Kier alpha value is -1.88. The molecule has 1 atom stereocenters. The van der Waals surface area contributed by atoms with Crippen molar-refractivity contribution in [1.29, 1.82) is 0 Å². The van der Waals surface area contributed by atoms with E-state index < -0.39 is 0 Å². The number of likely N-dealkylation sites (tertiary alicyclic amines) is 1. The van der Waals surface area contributed by atoms with Gasteiger partial charge in [-0.2, -0.15) is 5.10 Å². The van der Waals surface area contributed by atoms with Gasteiger partial charge in [-0.3, -0.25) is 9.48 Å². The Labute approximate surface area is 118 Å². The van der Waals surface area contributed by atoms with Gasteiger partial charge in [-0.1, -0.05) is 18.2 Å². The summed E-state index contributed by atoms with van der Waals surface area (Å²) in [5, 5.41) is 5.34. The van der Waals surface area contributed by atoms with Gasteiger partial charge in [0.05, 0.1) is 5.52 Å². The Morgan fingerprint density at radius 3 is 3.00 bits per heavy atom. The molecule has 0 bridgehead atoms. The minimum absolute atomic E-state index is 0.0111. The molecular formula is C15H20N4O. The second-order valence-corrected chi connectivity index (χ2v) is 5.37. The summed E-state index contributed by atoms with van der Waals surface area (Å²) in [7, 11) is 1.87. The van der Waals surface area contributed by atoms with E-state index in [1.165, 1.54) is 0 Å². The minimum Gasteiger partial charge on any atom is -0.333 e. The first kappa shape index (κ1) is 13.1. The molecule has 0 saturated carbocycles. The summed E-state index contributed by atoms with van der Waals surface area (Å²) in [5.41, 5.74) is 7.34. The van der Waals surface area contributed by atoms with Gasteiger partial charge in [-0.15, -0.1) is 0 Å². The van der Waals surface area contributed by atoms with Crippen molar-refractivity contribution in [2.24, 2.45) is 12.8 Å². The highest BCUT2D eigenvalue weighted by Gasteiger charge is 2.29. The first-order valence-electron chi connectivity index (χ1n) is 7.15. The molecule has 1 aromatic heterocycles. The molecule has 20 heavy (non-hydrogen) atoms. The number of aryl methyl sites for hydroxylation is 1. The highest BCUT2D eigenvalue weighted by Crippen LogP contribution is 2.23. The monoisotopic (exact) mass is 272 g/mol. The molecule has 0 aliphatic carbocycles. The van der Waals surface area contributed by atoms with Crippen LogP contribution >= 0.6 is 0 Å². The number of amides is 1. The minimum atomic E-state index is 0.0111. The van der Waals surface area contributed by atoms with E-state index in [1.54, 1.807) is 4.68 Å². The molecule has 1 aliphatic rings. The van der Waals surface area contributed by atoms with Crippen LogP contribution in [0, 0.1) is 0 Å². The van der Waals surface area contributed by atoms with Crippen LogP contribution in [0.2, 0.25) is 0 Å². The largest absolute Gasteiger partial charge is 0.333 e. The Balaban J connectivity index is 2.00. The molecule has 1 aromatic carbocycles. The van der Waals surface area contributed by atoms with E-state index in [0.717, 1.165) is 36.7 Å². The lowest BCUT2D eigenvalue weighted by atomic mass is 10.0. The average Bonchev–Trinajstić information content (AvgIpc) is 2.84. The highest BCUT2D eigenvalue weighted by molar-refractivity contribution is 6.05. The van der Waals surface area contributed by atoms with Crippen LogP contribution in [-0.2, 0) is 7.05 Å². The van der Waals surface area contributed by atoms with Crippen LogP contribution in [0.4, 0.5) is 0 Å². The van der Waals surface area contributed by atoms with Crippen molar-refractivity contribution in [1.82, 2.24) is 14.7 Å². The van der Waals surface area contributed by atoms with Crippen molar-refractivity contribution in [3.63, 3.8) is 0 Å². The summed E-state index contributed by atoms with van der Waals surface area (Å²) in [4.78, 5) is 14.7. The number of nitrogens with zero attached hydrogens (tertiary/aromatic N) is 3. The maximum Gasteiger partial charge on any atom is 0.275 e. The number of nitrogens with two attached hydrogens (primary N) is 1. The number of piperidine rings is 1. The molecule has 5 heteroatoms. The number of rotatable bonds is 2. The van der Waals surface area contributed by atoms with Gasteiger partial charge < -0.3 is 10.6 Å². The van der Waals surface area contributed by atoms with E-state index in [2.05, 4.69) is 5.10 Å². The topological polar surface area (TPSA) is 64.2 Å². The van der Waals surface area contributed by atoms with Crippen molar-refractivity contribution < 1.29 is 4.79 Å². The summed E-state index contributed by atoms with van der Waals surface area (Å²) in [6.07, 6.45) is 3.19. The van der Waals surface area contributed by atoms with E-state index in [1.807, 2.05) is 36.2 Å². The van der Waals surface area contributed by atoms with Crippen LogP contribution in [0.1, 0.15) is 29.8 Å². The van der Waals surface area contributed by atoms with Crippen LogP contribution in [0.25, 0.3) is 10.9 Å². The number of carbonyl (C=O) groups excluding carboxylic acids is 1. The molecule has 1 amide bonds. The van der Waals surface area contributed by atoms with Crippen LogP contribution < -0.4 is 5.73 Å². The fourth-order valence-corrected chi connectivity index (χ4v) is 3.02. The molecule has 1 unspecified atom stereocenters. The van der Waals surface area contributed by atoms with E-state index in [4.69, 9.17) is 5.73 Å². The summed E-state index contributed by atoms with van der Waals surface area (Å²) in [6.45, 7) is 1.31. The van der Waals surface area contributed by atoms with Gasteiger partial charge in [0.15, 0.2) is 5.69 Å². The summed E-state index contributed by atoms with van der Waals surface area (Å²) in [5.74, 6) is 0.0111. The number of benzene rings is 1. The van der Waals surface area contributed by atoms with E-state index >= 15 is 0 Å². The molecule has 3 rings (SSSR count). The Morgan fingerprint density at radius 1 is 1.40 bits per heavy atom. The number of fused-ring (bicyclic) bond motifs is 1. The molecule has 106 valence electrons. The van der Waals surface area contributed by atoms with Gasteiger partial charge in [0.25, 0.3) is 5.91 Å². The molecule has 0 radical (unpaired) electrons. The second kappa shape index (κ2) is 5.25. The summed E-state index contributed by atoms with van der Waals surface area (Å²) in [6, 6.07) is 7.99. The van der Waals surface area contributed by atoms with Gasteiger partial charge in [-0.05, 0) is 25.3 Å². The Kier molecular flexibility index (Phi) is 3.44. The van der Waals surface area contributed by atoms with Gasteiger partial charge in [-0.25, -0.2) is 0 Å². The van der Waals surface area contributed by atoms with E-state index in [0.29, 0.717) is 12.2 Å². The molecule has 2 aromatic rings. The van der Waals surface area contributed by atoms with Crippen molar-refractivity contribution in [2.75, 3.05) is 13.1 Å². The summed E-state index contributed by atoms with van der Waals surface area (Å²) < 4.78 is 1.77. The van der Waals surface area contributed by atoms with Gasteiger partial charge in [0, 0.05) is 31.6 Å². The third-order valence-electron chi connectivity index (χ3n) is 4.12. The van der Waals surface area contributed by atoms with Crippen LogP contribution in [0.5, 0.6) is 0 Å². The van der Waals surface area contributed by atoms with Crippen LogP contribution in [-0.4, -0.2) is 39.7 Å².